The second-order valence-corrected chi connectivity index (χ2v) is 12.9. The molecule has 0 saturated carbocycles. The largest absolute Gasteiger partial charge is 0.354 e. The Morgan fingerprint density at radius 3 is 1.30 bits per heavy atom. The monoisotopic (exact) mass is 652 g/mol. The fourth-order valence-corrected chi connectivity index (χ4v) is 7.38. The van der Waals surface area contributed by atoms with E-state index in [1.165, 1.54) is 0 Å². The number of benzene rings is 2. The van der Waals surface area contributed by atoms with Gasteiger partial charge in [-0.15, -0.1) is 0 Å². The van der Waals surface area contributed by atoms with Crippen LogP contribution in [0.15, 0.2) is 110 Å². The van der Waals surface area contributed by atoms with Crippen LogP contribution < -0.4 is 9.13 Å². The van der Waals surface area contributed by atoms with Crippen LogP contribution in [0.1, 0.15) is 22.8 Å². The average molecular weight is 653 g/mol. The van der Waals surface area contributed by atoms with Crippen molar-refractivity contribution in [3.8, 4) is 45.0 Å². The van der Waals surface area contributed by atoms with Crippen molar-refractivity contribution < 1.29 is 9.13 Å². The molecule has 0 fully saturated rings. The number of hydrogen-bond acceptors (Lipinski definition) is 2. The second kappa shape index (κ2) is 11.6. The van der Waals surface area contributed by atoms with Crippen molar-refractivity contribution in [1.29, 1.82) is 0 Å². The van der Waals surface area contributed by atoms with Crippen LogP contribution in [0.4, 0.5) is 0 Å². The third-order valence-electron chi connectivity index (χ3n) is 9.69. The zero-order chi connectivity index (χ0) is 33.9. The van der Waals surface area contributed by atoms with E-state index in [0.717, 1.165) is 89.9 Å². The first-order valence-corrected chi connectivity index (χ1v) is 16.7. The molecular weight excluding hydrogens is 617 g/mol. The van der Waals surface area contributed by atoms with E-state index in [1.807, 2.05) is 12.1 Å². The Morgan fingerprint density at radius 2 is 0.840 bits per heavy atom. The Balaban J connectivity index is 1.51. The maximum atomic E-state index is 5.38. The average Bonchev–Trinajstić information content (AvgIpc) is 4.00. The summed E-state index contributed by atoms with van der Waals surface area (Å²) in [4.78, 5) is 18.4. The Bertz CT molecular complexity index is 2640. The molecule has 8 nitrogen and oxygen atoms in total. The SMILES string of the molecule is Cn1cc[n+](C)c1-c1c2nc(c(-c3ccccc3)c3nc(c(-c4ccccc4)c4ccc([nH]4)c(-c4n(C)cc[n+]4C)c4ccc1[nH]4)C=C3)C=C2. The quantitative estimate of drug-likeness (QED) is 0.192. The minimum absolute atomic E-state index is 0.871. The molecule has 5 aromatic heterocycles. The van der Waals surface area contributed by atoms with Gasteiger partial charge in [-0.3, -0.25) is 0 Å². The van der Waals surface area contributed by atoms with E-state index in [2.05, 4.69) is 178 Å². The third-order valence-corrected chi connectivity index (χ3v) is 9.69. The van der Waals surface area contributed by atoms with Crippen LogP contribution in [0.25, 0.3) is 91.4 Å². The van der Waals surface area contributed by atoms with Gasteiger partial charge >= 0.3 is 0 Å². The van der Waals surface area contributed by atoms with Crippen LogP contribution >= 0.6 is 0 Å². The van der Waals surface area contributed by atoms with Crippen molar-refractivity contribution in [3.63, 3.8) is 0 Å². The normalized spacial score (nSPS) is 12.2. The molecule has 0 aliphatic carbocycles. The molecule has 50 heavy (non-hydrogen) atoms. The third kappa shape index (κ3) is 4.76. The molecule has 7 aromatic rings. The molecule has 2 N–H and O–H groups in total. The van der Waals surface area contributed by atoms with Gasteiger partial charge in [0, 0.05) is 16.6 Å². The van der Waals surface area contributed by atoms with Crippen molar-refractivity contribution in [1.82, 2.24) is 29.1 Å². The van der Waals surface area contributed by atoms with Crippen molar-refractivity contribution >= 4 is 46.4 Å². The summed E-state index contributed by atoms with van der Waals surface area (Å²) in [5, 5.41) is 0. The number of rotatable bonds is 4. The molecule has 2 aliphatic rings. The Kier molecular flexibility index (Phi) is 6.84. The summed E-state index contributed by atoms with van der Waals surface area (Å²) in [7, 11) is 8.33. The van der Waals surface area contributed by atoms with Crippen molar-refractivity contribution in [2.75, 3.05) is 0 Å². The molecule has 0 unspecified atom stereocenters. The maximum absolute atomic E-state index is 5.38. The van der Waals surface area contributed by atoms with Gasteiger partial charge in [-0.25, -0.2) is 28.2 Å². The summed E-state index contributed by atoms with van der Waals surface area (Å²) in [5.74, 6) is 2.10. The summed E-state index contributed by atoms with van der Waals surface area (Å²) in [6, 6.07) is 29.7. The fourth-order valence-electron chi connectivity index (χ4n) is 7.38. The molecule has 0 amide bonds. The highest BCUT2D eigenvalue weighted by atomic mass is 15.1. The summed E-state index contributed by atoms with van der Waals surface area (Å²) in [6.45, 7) is 0. The maximum Gasteiger partial charge on any atom is 0.292 e. The zero-order valence-electron chi connectivity index (χ0n) is 28.4. The number of imidazole rings is 2. The topological polar surface area (TPSA) is 75.0 Å². The minimum atomic E-state index is 0.871. The fraction of sp³-hybridized carbons (Fsp3) is 0.0952. The molecule has 8 bridgehead atoms. The van der Waals surface area contributed by atoms with Crippen LogP contribution in [0.5, 0.6) is 0 Å². The number of nitrogens with zero attached hydrogens (tertiary/aromatic N) is 6. The standard InChI is InChI=1S/C42H35N8/c1-47-23-24-48(2)41(47)39-33-19-17-31(44-33)37(27-11-7-5-8-12-27)29-15-16-30(43-29)38(28-13-9-6-10-14-28)32-18-20-34(45-32)40(36-22-21-35(39)46-36)42-49(3)25-26-50(42)4/h5-26H,1-4H3,(H,43,44,45,46)/q+1/p+1. The lowest BCUT2D eigenvalue weighted by atomic mass is 10.0. The lowest BCUT2D eigenvalue weighted by Gasteiger charge is -2.06. The molecule has 2 aliphatic heterocycles. The Labute approximate surface area is 289 Å². The van der Waals surface area contributed by atoms with Crippen LogP contribution in [-0.4, -0.2) is 29.1 Å². The Hall–Kier alpha value is -6.54. The van der Waals surface area contributed by atoms with Gasteiger partial charge in [0.25, 0.3) is 11.6 Å². The van der Waals surface area contributed by atoms with Gasteiger partial charge < -0.3 is 9.97 Å². The number of fused-ring (bicyclic) bond motifs is 8. The lowest BCUT2D eigenvalue weighted by molar-refractivity contribution is -0.659. The van der Waals surface area contributed by atoms with Gasteiger partial charge in [0.1, 0.15) is 35.9 Å². The number of aromatic nitrogens is 8. The van der Waals surface area contributed by atoms with Crippen molar-refractivity contribution in [2.24, 2.45) is 28.2 Å². The molecule has 242 valence electrons. The minimum Gasteiger partial charge on any atom is -0.354 e. The van der Waals surface area contributed by atoms with Crippen LogP contribution in [0.3, 0.4) is 0 Å². The molecule has 0 spiro atoms. The summed E-state index contributed by atoms with van der Waals surface area (Å²) < 4.78 is 8.62. The number of H-pyrrole nitrogens is 2. The number of aromatic amines is 2. The molecule has 0 atom stereocenters. The molecule has 8 heteroatoms. The first kappa shape index (κ1) is 29.6. The Morgan fingerprint density at radius 1 is 0.460 bits per heavy atom. The lowest BCUT2D eigenvalue weighted by Crippen LogP contribution is -2.29. The van der Waals surface area contributed by atoms with Gasteiger partial charge in [0.15, 0.2) is 0 Å². The predicted molar refractivity (Wildman–Crippen MR) is 201 cm³/mol. The molecule has 2 aromatic carbocycles. The molecule has 9 rings (SSSR count). The van der Waals surface area contributed by atoms with E-state index in [-0.39, 0.29) is 0 Å². The van der Waals surface area contributed by atoms with Gasteiger partial charge in [-0.1, -0.05) is 60.7 Å². The van der Waals surface area contributed by atoms with Crippen molar-refractivity contribution in [3.05, 3.63) is 132 Å². The van der Waals surface area contributed by atoms with Gasteiger partial charge in [-0.05, 0) is 59.7 Å². The first-order chi connectivity index (χ1) is 24.4. The van der Waals surface area contributed by atoms with Crippen LogP contribution in [0.2, 0.25) is 0 Å². The molecule has 0 radical (unpaired) electrons. The highest BCUT2D eigenvalue weighted by Gasteiger charge is 2.25. The zero-order valence-corrected chi connectivity index (χ0v) is 28.4. The van der Waals surface area contributed by atoms with E-state index in [1.54, 1.807) is 0 Å². The second-order valence-electron chi connectivity index (χ2n) is 12.9. The molecule has 0 saturated heterocycles. The van der Waals surface area contributed by atoms with Gasteiger partial charge in [0.05, 0.1) is 67.5 Å². The van der Waals surface area contributed by atoms with E-state index >= 15 is 0 Å². The van der Waals surface area contributed by atoms with Crippen LogP contribution in [0, 0.1) is 0 Å². The van der Waals surface area contributed by atoms with E-state index in [4.69, 9.17) is 9.97 Å². The smallest absolute Gasteiger partial charge is 0.292 e. The molecule has 7 heterocycles. The van der Waals surface area contributed by atoms with E-state index < -0.39 is 0 Å². The predicted octanol–water partition coefficient (Wildman–Crippen LogP) is 7.65. The summed E-state index contributed by atoms with van der Waals surface area (Å²) in [6.07, 6.45) is 16.8. The molecular formula is C42H36N8+2. The van der Waals surface area contributed by atoms with Gasteiger partial charge in [0.2, 0.25) is 0 Å². The van der Waals surface area contributed by atoms with Crippen LogP contribution in [-0.2, 0) is 28.2 Å². The van der Waals surface area contributed by atoms with E-state index in [0.29, 0.717) is 0 Å². The highest BCUT2D eigenvalue weighted by Crippen LogP contribution is 2.37. The summed E-state index contributed by atoms with van der Waals surface area (Å²) >= 11 is 0. The summed E-state index contributed by atoms with van der Waals surface area (Å²) in [5.41, 5.74) is 13.7. The highest BCUT2D eigenvalue weighted by molar-refractivity contribution is 5.98. The number of hydrogen-bond donors (Lipinski definition) is 2. The number of aryl methyl sites for hydroxylation is 4. The number of nitrogens with one attached hydrogen (secondary N) is 2. The van der Waals surface area contributed by atoms with Gasteiger partial charge in [-0.2, -0.15) is 0 Å². The first-order valence-electron chi connectivity index (χ1n) is 16.7. The van der Waals surface area contributed by atoms with Crippen molar-refractivity contribution in [2.45, 2.75) is 0 Å². The van der Waals surface area contributed by atoms with E-state index in [9.17, 15) is 0 Å².